The number of anilines is 1. The van der Waals surface area contributed by atoms with E-state index >= 15 is 0 Å². The van der Waals surface area contributed by atoms with Gasteiger partial charge in [0.1, 0.15) is 6.04 Å². The van der Waals surface area contributed by atoms with E-state index < -0.39 is 6.04 Å². The molecule has 6 nitrogen and oxygen atoms in total. The minimum atomic E-state index is -0.494. The van der Waals surface area contributed by atoms with Gasteiger partial charge in [-0.25, -0.2) is 0 Å². The van der Waals surface area contributed by atoms with E-state index in [1.54, 1.807) is 4.90 Å². The van der Waals surface area contributed by atoms with Crippen LogP contribution in [0.25, 0.3) is 10.9 Å². The number of rotatable bonds is 4. The Balaban J connectivity index is 1.46. The van der Waals surface area contributed by atoms with Gasteiger partial charge in [0.05, 0.1) is 17.6 Å². The average molecular weight is 348 g/mol. The predicted molar refractivity (Wildman–Crippen MR) is 99.7 cm³/mol. The zero-order chi connectivity index (χ0) is 18.1. The van der Waals surface area contributed by atoms with E-state index in [9.17, 15) is 9.59 Å². The van der Waals surface area contributed by atoms with Crippen LogP contribution in [0.5, 0.6) is 0 Å². The summed E-state index contributed by atoms with van der Waals surface area (Å²) >= 11 is 0. The smallest absolute Gasteiger partial charge is 0.249 e. The first-order chi connectivity index (χ1) is 12.6. The number of carbonyl (C=O) groups is 2. The second-order valence-electron chi connectivity index (χ2n) is 6.64. The lowest BCUT2D eigenvalue weighted by Gasteiger charge is -2.21. The maximum atomic E-state index is 12.8. The van der Waals surface area contributed by atoms with Gasteiger partial charge in [0.2, 0.25) is 11.8 Å². The normalized spacial score (nSPS) is 19.9. The van der Waals surface area contributed by atoms with Gasteiger partial charge < -0.3 is 10.2 Å². The molecule has 1 fully saturated rings. The van der Waals surface area contributed by atoms with Crippen LogP contribution in [-0.4, -0.2) is 34.1 Å². The molecule has 2 atom stereocenters. The summed E-state index contributed by atoms with van der Waals surface area (Å²) in [6, 6.07) is 16.8. The third-order valence-corrected chi connectivity index (χ3v) is 4.80. The van der Waals surface area contributed by atoms with Crippen molar-refractivity contribution in [3.63, 3.8) is 0 Å². The topological polar surface area (TPSA) is 78.1 Å². The molecule has 3 aromatic rings. The molecule has 6 heteroatoms. The Labute approximate surface area is 151 Å². The van der Waals surface area contributed by atoms with Gasteiger partial charge in [0.25, 0.3) is 0 Å². The fourth-order valence-corrected chi connectivity index (χ4v) is 3.58. The molecule has 4 rings (SSSR count). The Kier molecular flexibility index (Phi) is 4.16. The van der Waals surface area contributed by atoms with Crippen LogP contribution in [0.2, 0.25) is 0 Å². The molecule has 132 valence electrons. The van der Waals surface area contributed by atoms with Gasteiger partial charge in [-0.3, -0.25) is 14.7 Å². The number of fused-ring (bicyclic) bond motifs is 1. The van der Waals surface area contributed by atoms with Crippen molar-refractivity contribution in [2.24, 2.45) is 0 Å². The van der Waals surface area contributed by atoms with Crippen LogP contribution in [0.15, 0.2) is 54.6 Å². The van der Waals surface area contributed by atoms with Crippen LogP contribution in [0.4, 0.5) is 5.69 Å². The van der Waals surface area contributed by atoms with Gasteiger partial charge in [-0.2, -0.15) is 5.10 Å². The Hall–Kier alpha value is -3.15. The quantitative estimate of drug-likeness (QED) is 0.760. The zero-order valence-corrected chi connectivity index (χ0v) is 14.5. The van der Waals surface area contributed by atoms with Crippen LogP contribution in [-0.2, 0) is 16.0 Å². The third kappa shape index (κ3) is 2.94. The van der Waals surface area contributed by atoms with Crippen molar-refractivity contribution in [1.29, 1.82) is 0 Å². The second-order valence-corrected chi connectivity index (χ2v) is 6.64. The highest BCUT2D eigenvalue weighted by atomic mass is 16.2. The van der Waals surface area contributed by atoms with Crippen LogP contribution in [0.3, 0.4) is 0 Å². The summed E-state index contributed by atoms with van der Waals surface area (Å²) in [6.07, 6.45) is 0.771. The van der Waals surface area contributed by atoms with E-state index in [-0.39, 0.29) is 24.3 Å². The summed E-state index contributed by atoms with van der Waals surface area (Å²) in [4.78, 5) is 27.0. The minimum Gasteiger partial charge on any atom is -0.344 e. The largest absolute Gasteiger partial charge is 0.344 e. The fourth-order valence-electron chi connectivity index (χ4n) is 3.58. The molecule has 2 amide bonds. The van der Waals surface area contributed by atoms with Gasteiger partial charge in [0.15, 0.2) is 0 Å². The van der Waals surface area contributed by atoms with Crippen molar-refractivity contribution in [3.8, 4) is 0 Å². The molecule has 2 N–H and O–H groups in total. The SMILES string of the molecule is CC1CC(NC(=O)Cc2[nH]nc3ccccc23)C(=O)N1c1ccccc1. The summed E-state index contributed by atoms with van der Waals surface area (Å²) in [5.41, 5.74) is 2.45. The summed E-state index contributed by atoms with van der Waals surface area (Å²) in [5.74, 6) is -0.244. The molecule has 1 aliphatic rings. The van der Waals surface area contributed by atoms with Crippen molar-refractivity contribution < 1.29 is 9.59 Å². The van der Waals surface area contributed by atoms with Gasteiger partial charge in [-0.1, -0.05) is 36.4 Å². The number of hydrogen-bond acceptors (Lipinski definition) is 3. The number of H-pyrrole nitrogens is 1. The first-order valence-corrected chi connectivity index (χ1v) is 8.73. The minimum absolute atomic E-state index is 0.0446. The average Bonchev–Trinajstić information content (AvgIpc) is 3.17. The number of para-hydroxylation sites is 2. The first-order valence-electron chi connectivity index (χ1n) is 8.73. The number of amides is 2. The summed E-state index contributed by atoms with van der Waals surface area (Å²) in [6.45, 7) is 2.00. The summed E-state index contributed by atoms with van der Waals surface area (Å²) < 4.78 is 0. The molecule has 0 spiro atoms. The number of benzene rings is 2. The lowest BCUT2D eigenvalue weighted by Crippen LogP contribution is -2.42. The summed E-state index contributed by atoms with van der Waals surface area (Å²) in [7, 11) is 0. The monoisotopic (exact) mass is 348 g/mol. The molecule has 1 saturated heterocycles. The highest BCUT2D eigenvalue weighted by molar-refractivity contribution is 6.02. The molecule has 2 aromatic carbocycles. The van der Waals surface area contributed by atoms with Crippen LogP contribution in [0.1, 0.15) is 19.0 Å². The highest BCUT2D eigenvalue weighted by Crippen LogP contribution is 2.26. The Bertz CT molecular complexity index is 951. The van der Waals surface area contributed by atoms with E-state index in [0.29, 0.717) is 6.42 Å². The molecular weight excluding hydrogens is 328 g/mol. The predicted octanol–water partition coefficient (Wildman–Crippen LogP) is 2.42. The fraction of sp³-hybridized carbons (Fsp3) is 0.250. The van der Waals surface area contributed by atoms with Crippen molar-refractivity contribution in [1.82, 2.24) is 15.5 Å². The van der Waals surface area contributed by atoms with Crippen molar-refractivity contribution >= 4 is 28.4 Å². The van der Waals surface area contributed by atoms with E-state index in [1.165, 1.54) is 0 Å². The first kappa shape index (κ1) is 16.3. The standard InChI is InChI=1S/C20H20N4O2/c1-13-11-18(20(26)24(13)14-7-3-2-4-8-14)21-19(25)12-17-15-9-5-6-10-16(15)22-23-17/h2-10,13,18H,11-12H2,1H3,(H,21,25)(H,22,23). The molecule has 1 aromatic heterocycles. The van der Waals surface area contributed by atoms with Gasteiger partial charge in [-0.15, -0.1) is 0 Å². The van der Waals surface area contributed by atoms with E-state index in [4.69, 9.17) is 0 Å². The zero-order valence-electron chi connectivity index (χ0n) is 14.5. The number of aromatic nitrogens is 2. The molecule has 0 bridgehead atoms. The van der Waals surface area contributed by atoms with Crippen LogP contribution < -0.4 is 10.2 Å². The maximum absolute atomic E-state index is 12.8. The number of nitrogens with one attached hydrogen (secondary N) is 2. The molecule has 0 saturated carbocycles. The van der Waals surface area contributed by atoms with Gasteiger partial charge in [0, 0.05) is 17.1 Å². The number of aromatic amines is 1. The maximum Gasteiger partial charge on any atom is 0.249 e. The van der Waals surface area contributed by atoms with E-state index in [2.05, 4.69) is 15.5 Å². The second kappa shape index (κ2) is 6.63. The number of carbonyl (C=O) groups excluding carboxylic acids is 2. The van der Waals surface area contributed by atoms with Gasteiger partial charge >= 0.3 is 0 Å². The molecule has 26 heavy (non-hydrogen) atoms. The lowest BCUT2D eigenvalue weighted by molar-refractivity contribution is -0.126. The molecule has 2 heterocycles. The van der Waals surface area contributed by atoms with Crippen LogP contribution >= 0.6 is 0 Å². The number of nitrogens with zero attached hydrogens (tertiary/aromatic N) is 2. The Morgan fingerprint density at radius 3 is 2.73 bits per heavy atom. The van der Waals surface area contributed by atoms with E-state index in [0.717, 1.165) is 22.3 Å². The van der Waals surface area contributed by atoms with Crippen molar-refractivity contribution in [2.45, 2.75) is 31.8 Å². The molecule has 1 aliphatic heterocycles. The third-order valence-electron chi connectivity index (χ3n) is 4.80. The highest BCUT2D eigenvalue weighted by Gasteiger charge is 2.38. The lowest BCUT2D eigenvalue weighted by atomic mass is 10.1. The van der Waals surface area contributed by atoms with Gasteiger partial charge in [-0.05, 0) is 31.5 Å². The molecule has 2 unspecified atom stereocenters. The number of hydrogen-bond donors (Lipinski definition) is 2. The van der Waals surface area contributed by atoms with Crippen LogP contribution in [0, 0.1) is 0 Å². The van der Waals surface area contributed by atoms with Crippen molar-refractivity contribution in [3.05, 3.63) is 60.3 Å². The van der Waals surface area contributed by atoms with E-state index in [1.807, 2.05) is 61.5 Å². The molecule has 0 radical (unpaired) electrons. The Morgan fingerprint density at radius 1 is 1.19 bits per heavy atom. The Morgan fingerprint density at radius 2 is 1.92 bits per heavy atom. The molecular formula is C20H20N4O2. The molecule has 0 aliphatic carbocycles. The summed E-state index contributed by atoms with van der Waals surface area (Å²) in [5, 5.41) is 10.9. The van der Waals surface area contributed by atoms with Crippen molar-refractivity contribution in [2.75, 3.05) is 4.90 Å².